The first-order valence-corrected chi connectivity index (χ1v) is 5.03. The second kappa shape index (κ2) is 4.98. The molecule has 1 aromatic heterocycles. The second-order valence-corrected chi connectivity index (χ2v) is 3.31. The Labute approximate surface area is 97.6 Å². The summed E-state index contributed by atoms with van der Waals surface area (Å²) < 4.78 is 0.782. The van der Waals surface area contributed by atoms with Gasteiger partial charge in [0.05, 0.1) is 0 Å². The van der Waals surface area contributed by atoms with E-state index in [0.717, 1.165) is 4.73 Å². The van der Waals surface area contributed by atoms with Crippen LogP contribution >= 0.6 is 0 Å². The third-order valence-corrected chi connectivity index (χ3v) is 2.06. The molecule has 0 aliphatic carbocycles. The van der Waals surface area contributed by atoms with Crippen molar-refractivity contribution in [2.24, 2.45) is 4.99 Å². The summed E-state index contributed by atoms with van der Waals surface area (Å²) in [5, 5.41) is 12.0. The first-order chi connectivity index (χ1) is 8.25. The molecule has 2 aromatic rings. The molecule has 2 amide bonds. The van der Waals surface area contributed by atoms with Crippen molar-refractivity contribution in [2.45, 2.75) is 0 Å². The van der Waals surface area contributed by atoms with Gasteiger partial charge < -0.3 is 10.5 Å². The molecule has 0 aliphatic heterocycles. The number of nitrogens with zero attached hydrogens (tertiary/aromatic N) is 2. The Bertz CT molecular complexity index is 576. The van der Waals surface area contributed by atoms with Gasteiger partial charge in [0, 0.05) is 11.9 Å². The van der Waals surface area contributed by atoms with Gasteiger partial charge in [-0.1, -0.05) is 24.3 Å². The van der Waals surface area contributed by atoms with Crippen LogP contribution in [-0.4, -0.2) is 16.0 Å². The Morgan fingerprint density at radius 1 is 1.12 bits per heavy atom. The normalized spacial score (nSPS) is 11.2. The molecule has 0 atom stereocenters. The highest BCUT2D eigenvalue weighted by Gasteiger charge is 1.98. The lowest BCUT2D eigenvalue weighted by Gasteiger charge is -2.00. The van der Waals surface area contributed by atoms with Gasteiger partial charge in [-0.2, -0.15) is 9.72 Å². The molecular weight excluding hydrogens is 218 g/mol. The third kappa shape index (κ3) is 2.94. The number of anilines is 1. The van der Waals surface area contributed by atoms with Crippen LogP contribution < -0.4 is 10.8 Å². The predicted octanol–water partition coefficient (Wildman–Crippen LogP) is 1.86. The molecule has 1 aromatic carbocycles. The predicted molar refractivity (Wildman–Crippen MR) is 62.6 cm³/mol. The molecule has 2 rings (SSSR count). The molecule has 0 radical (unpaired) electrons. The highest BCUT2D eigenvalue weighted by molar-refractivity contribution is 5.89. The van der Waals surface area contributed by atoms with E-state index in [4.69, 9.17) is 0 Å². The Kier molecular flexibility index (Phi) is 3.20. The lowest BCUT2D eigenvalue weighted by molar-refractivity contribution is 0.171. The van der Waals surface area contributed by atoms with Gasteiger partial charge in [-0.25, -0.2) is 4.79 Å². The molecule has 0 saturated heterocycles. The zero-order valence-electron chi connectivity index (χ0n) is 8.95. The summed E-state index contributed by atoms with van der Waals surface area (Å²) in [5.41, 5.74) is 0.822. The quantitative estimate of drug-likeness (QED) is 0.733. The number of carbonyl (C=O) groups excluding carboxylic acids is 1. The molecular formula is C12H11N3O2. The van der Waals surface area contributed by atoms with E-state index in [-0.39, 0.29) is 5.49 Å². The standard InChI is InChI=1S/C12H11N3O2/c16-12(13-10-6-2-1-3-7-10)14-11-8-4-5-9-15(11)17/h1-9,17H,(H,13,16). The number of benzene rings is 1. The van der Waals surface area contributed by atoms with Crippen LogP contribution in [0.2, 0.25) is 0 Å². The number of para-hydroxylation sites is 1. The van der Waals surface area contributed by atoms with Crippen molar-refractivity contribution < 1.29 is 10.0 Å². The molecule has 0 spiro atoms. The molecule has 0 unspecified atom stereocenters. The van der Waals surface area contributed by atoms with Crippen LogP contribution in [0.1, 0.15) is 0 Å². The maximum absolute atomic E-state index is 11.5. The number of hydrogen-bond donors (Lipinski definition) is 2. The number of aromatic nitrogens is 1. The van der Waals surface area contributed by atoms with Gasteiger partial charge in [0.2, 0.25) is 0 Å². The minimum Gasteiger partial charge on any atom is -0.427 e. The van der Waals surface area contributed by atoms with Gasteiger partial charge in [-0.05, 0) is 24.3 Å². The van der Waals surface area contributed by atoms with Crippen molar-refractivity contribution >= 4 is 11.7 Å². The van der Waals surface area contributed by atoms with Gasteiger partial charge in [0.1, 0.15) is 0 Å². The fourth-order valence-electron chi connectivity index (χ4n) is 1.29. The van der Waals surface area contributed by atoms with Crippen LogP contribution in [0.5, 0.6) is 0 Å². The fraction of sp³-hybridized carbons (Fsp3) is 0. The SMILES string of the molecule is O=C(N=c1ccccn1O)Nc1ccccc1. The number of rotatable bonds is 1. The first kappa shape index (κ1) is 10.9. The molecule has 0 bridgehead atoms. The van der Waals surface area contributed by atoms with Crippen LogP contribution in [0.3, 0.4) is 0 Å². The average Bonchev–Trinajstić information content (AvgIpc) is 2.33. The first-order valence-electron chi connectivity index (χ1n) is 5.03. The maximum Gasteiger partial charge on any atom is 0.347 e. The minimum absolute atomic E-state index is 0.168. The smallest absolute Gasteiger partial charge is 0.347 e. The summed E-state index contributed by atoms with van der Waals surface area (Å²) in [4.78, 5) is 15.2. The highest BCUT2D eigenvalue weighted by Crippen LogP contribution is 2.04. The summed E-state index contributed by atoms with van der Waals surface area (Å²) in [6, 6.07) is 13.3. The summed E-state index contributed by atoms with van der Waals surface area (Å²) in [6.07, 6.45) is 1.40. The number of nitrogens with one attached hydrogen (secondary N) is 1. The zero-order valence-corrected chi connectivity index (χ0v) is 8.95. The molecule has 5 nitrogen and oxygen atoms in total. The van der Waals surface area contributed by atoms with Gasteiger partial charge in [-0.15, -0.1) is 0 Å². The molecule has 17 heavy (non-hydrogen) atoms. The van der Waals surface area contributed by atoms with E-state index in [2.05, 4.69) is 10.3 Å². The molecule has 1 heterocycles. The molecule has 0 fully saturated rings. The summed E-state index contributed by atoms with van der Waals surface area (Å²) in [5.74, 6) is 0. The Morgan fingerprint density at radius 3 is 2.53 bits per heavy atom. The Balaban J connectivity index is 2.18. The van der Waals surface area contributed by atoms with Crippen LogP contribution in [0.25, 0.3) is 0 Å². The van der Waals surface area contributed by atoms with Crippen LogP contribution in [-0.2, 0) is 0 Å². The lowest BCUT2D eigenvalue weighted by Crippen LogP contribution is -2.21. The van der Waals surface area contributed by atoms with Crippen molar-refractivity contribution in [3.8, 4) is 0 Å². The maximum atomic E-state index is 11.5. The topological polar surface area (TPSA) is 66.6 Å². The average molecular weight is 229 g/mol. The third-order valence-electron chi connectivity index (χ3n) is 2.06. The Morgan fingerprint density at radius 2 is 1.82 bits per heavy atom. The molecule has 0 saturated carbocycles. The van der Waals surface area contributed by atoms with Gasteiger partial charge in [0.15, 0.2) is 5.49 Å². The van der Waals surface area contributed by atoms with Gasteiger partial charge in [0.25, 0.3) is 0 Å². The largest absolute Gasteiger partial charge is 0.427 e. The molecule has 86 valence electrons. The zero-order chi connectivity index (χ0) is 12.1. The molecule has 5 heteroatoms. The number of carbonyl (C=O) groups is 1. The van der Waals surface area contributed by atoms with Crippen LogP contribution in [0.4, 0.5) is 10.5 Å². The van der Waals surface area contributed by atoms with E-state index in [9.17, 15) is 10.0 Å². The van der Waals surface area contributed by atoms with Crippen molar-refractivity contribution in [3.05, 3.63) is 60.2 Å². The van der Waals surface area contributed by atoms with Crippen LogP contribution in [0.15, 0.2) is 59.7 Å². The number of hydrogen-bond acceptors (Lipinski definition) is 2. The van der Waals surface area contributed by atoms with E-state index >= 15 is 0 Å². The summed E-state index contributed by atoms with van der Waals surface area (Å²) in [6.45, 7) is 0. The van der Waals surface area contributed by atoms with Crippen molar-refractivity contribution in [1.29, 1.82) is 0 Å². The Hall–Kier alpha value is -2.56. The van der Waals surface area contributed by atoms with E-state index < -0.39 is 6.03 Å². The highest BCUT2D eigenvalue weighted by atomic mass is 16.5. The number of amides is 2. The van der Waals surface area contributed by atoms with Crippen molar-refractivity contribution in [3.63, 3.8) is 0 Å². The van der Waals surface area contributed by atoms with E-state index in [1.54, 1.807) is 24.3 Å². The van der Waals surface area contributed by atoms with Gasteiger partial charge >= 0.3 is 6.03 Å². The fourth-order valence-corrected chi connectivity index (χ4v) is 1.29. The monoisotopic (exact) mass is 229 g/mol. The van der Waals surface area contributed by atoms with E-state index in [1.165, 1.54) is 12.3 Å². The number of urea groups is 1. The number of pyridine rings is 1. The van der Waals surface area contributed by atoms with Crippen LogP contribution in [0, 0.1) is 0 Å². The summed E-state index contributed by atoms with van der Waals surface area (Å²) >= 11 is 0. The van der Waals surface area contributed by atoms with Crippen molar-refractivity contribution in [1.82, 2.24) is 4.73 Å². The summed E-state index contributed by atoms with van der Waals surface area (Å²) in [7, 11) is 0. The van der Waals surface area contributed by atoms with Crippen molar-refractivity contribution in [2.75, 3.05) is 5.32 Å². The van der Waals surface area contributed by atoms with E-state index in [1.807, 2.05) is 18.2 Å². The minimum atomic E-state index is -0.537. The molecule has 2 N–H and O–H groups in total. The molecule has 0 aliphatic rings. The lowest BCUT2D eigenvalue weighted by atomic mass is 10.3. The van der Waals surface area contributed by atoms with Gasteiger partial charge in [-0.3, -0.25) is 0 Å². The van der Waals surface area contributed by atoms with E-state index in [0.29, 0.717) is 5.69 Å². The second-order valence-electron chi connectivity index (χ2n) is 3.31.